The summed E-state index contributed by atoms with van der Waals surface area (Å²) in [6, 6.07) is 0. The van der Waals surface area contributed by atoms with Gasteiger partial charge in [0.05, 0.1) is 17.9 Å². The Balaban J connectivity index is 2.77. The van der Waals surface area contributed by atoms with E-state index in [1.165, 1.54) is 11.7 Å². The number of rotatable bonds is 1. The molecule has 0 amide bonds. The second-order valence-corrected chi connectivity index (χ2v) is 2.22. The Morgan fingerprint density at radius 3 is 2.62 bits per heavy atom. The molecule has 0 aromatic carbocycles. The van der Waals surface area contributed by atoms with E-state index in [1.54, 1.807) is 6.20 Å². The minimum absolute atomic E-state index is 0.926. The molecule has 44 valence electrons. The highest BCUT2D eigenvalue weighted by Gasteiger charge is 1.93. The average Bonchev–Trinajstić information content (AvgIpc) is 2.12. The quantitative estimate of drug-likeness (QED) is 0.556. The number of aromatic nitrogens is 2. The number of hydrogen-bond acceptors (Lipinski definition) is 4. The molecule has 0 aliphatic heterocycles. The van der Waals surface area contributed by atoms with Gasteiger partial charge in [-0.1, -0.05) is 0 Å². The van der Waals surface area contributed by atoms with E-state index in [2.05, 4.69) is 8.75 Å². The van der Waals surface area contributed by atoms with Gasteiger partial charge in [-0.05, 0) is 0 Å². The molecule has 0 aliphatic rings. The van der Waals surface area contributed by atoms with Crippen molar-refractivity contribution < 1.29 is 0 Å². The fraction of sp³-hybridized carbons (Fsp3) is 0.500. The maximum absolute atomic E-state index is 3.97. The van der Waals surface area contributed by atoms with E-state index in [-0.39, 0.29) is 0 Å². The molecule has 8 heavy (non-hydrogen) atoms. The number of nitrogens with zero attached hydrogens (tertiary/aromatic N) is 3. The first-order valence-electron chi connectivity index (χ1n) is 2.25. The molecule has 3 nitrogen and oxygen atoms in total. The highest BCUT2D eigenvalue weighted by molar-refractivity contribution is 6.99. The van der Waals surface area contributed by atoms with Crippen LogP contribution in [-0.4, -0.2) is 22.8 Å². The van der Waals surface area contributed by atoms with Crippen LogP contribution in [-0.2, 0) is 0 Å². The first kappa shape index (κ1) is 5.50. The summed E-state index contributed by atoms with van der Waals surface area (Å²) in [6.07, 6.45) is 1.74. The van der Waals surface area contributed by atoms with E-state index in [9.17, 15) is 0 Å². The average molecular weight is 129 g/mol. The highest BCUT2D eigenvalue weighted by Crippen LogP contribution is 2.03. The van der Waals surface area contributed by atoms with Gasteiger partial charge in [-0.15, -0.1) is 0 Å². The molecule has 0 saturated heterocycles. The third-order valence-corrected chi connectivity index (χ3v) is 1.28. The SMILES string of the molecule is CN(C)c1cnsn1. The van der Waals surface area contributed by atoms with Crippen LogP contribution in [0.3, 0.4) is 0 Å². The van der Waals surface area contributed by atoms with Gasteiger partial charge in [0.1, 0.15) is 0 Å². The topological polar surface area (TPSA) is 29.0 Å². The molecule has 1 heterocycles. The summed E-state index contributed by atoms with van der Waals surface area (Å²) in [5, 5.41) is 0. The van der Waals surface area contributed by atoms with Crippen molar-refractivity contribution in [2.45, 2.75) is 0 Å². The molecule has 0 fully saturated rings. The van der Waals surface area contributed by atoms with Crippen LogP contribution >= 0.6 is 11.7 Å². The molecular formula is C4H7N3S. The molecule has 0 aliphatic carbocycles. The van der Waals surface area contributed by atoms with Crippen LogP contribution in [0.5, 0.6) is 0 Å². The fourth-order valence-corrected chi connectivity index (χ4v) is 0.839. The van der Waals surface area contributed by atoms with E-state index >= 15 is 0 Å². The molecule has 0 saturated carbocycles. The molecule has 0 radical (unpaired) electrons. The Labute approximate surface area is 52.3 Å². The zero-order chi connectivity index (χ0) is 5.98. The summed E-state index contributed by atoms with van der Waals surface area (Å²) >= 11 is 1.23. The molecule has 1 rings (SSSR count). The van der Waals surface area contributed by atoms with Gasteiger partial charge >= 0.3 is 0 Å². The minimum Gasteiger partial charge on any atom is -0.361 e. The predicted octanol–water partition coefficient (Wildman–Crippen LogP) is 0.604. The third-order valence-electron chi connectivity index (χ3n) is 0.808. The molecule has 1 aromatic rings. The maximum atomic E-state index is 3.97. The molecule has 0 spiro atoms. The predicted molar refractivity (Wildman–Crippen MR) is 34.2 cm³/mol. The maximum Gasteiger partial charge on any atom is 0.162 e. The Morgan fingerprint density at radius 2 is 2.38 bits per heavy atom. The van der Waals surface area contributed by atoms with Gasteiger partial charge < -0.3 is 4.90 Å². The van der Waals surface area contributed by atoms with Gasteiger partial charge in [0, 0.05) is 14.1 Å². The highest BCUT2D eigenvalue weighted by atomic mass is 32.1. The van der Waals surface area contributed by atoms with Crippen molar-refractivity contribution in [2.75, 3.05) is 19.0 Å². The van der Waals surface area contributed by atoms with Crippen LogP contribution in [0.1, 0.15) is 0 Å². The molecule has 0 atom stereocenters. The number of hydrogen-bond donors (Lipinski definition) is 0. The molecule has 0 bridgehead atoms. The minimum atomic E-state index is 0.926. The molecular weight excluding hydrogens is 122 g/mol. The second-order valence-electron chi connectivity index (χ2n) is 1.66. The Kier molecular flexibility index (Phi) is 1.43. The first-order chi connectivity index (χ1) is 3.80. The van der Waals surface area contributed by atoms with Gasteiger partial charge in [-0.2, -0.15) is 8.75 Å². The van der Waals surface area contributed by atoms with Gasteiger partial charge in [-0.25, -0.2) is 0 Å². The smallest absolute Gasteiger partial charge is 0.162 e. The Morgan fingerprint density at radius 1 is 1.62 bits per heavy atom. The summed E-state index contributed by atoms with van der Waals surface area (Å²) < 4.78 is 7.80. The van der Waals surface area contributed by atoms with E-state index in [0.717, 1.165) is 5.82 Å². The summed E-state index contributed by atoms with van der Waals surface area (Å²) in [5.74, 6) is 0.926. The van der Waals surface area contributed by atoms with Crippen LogP contribution in [0.2, 0.25) is 0 Å². The lowest BCUT2D eigenvalue weighted by atomic mass is 10.7. The van der Waals surface area contributed by atoms with E-state index in [4.69, 9.17) is 0 Å². The molecule has 0 N–H and O–H groups in total. The third kappa shape index (κ3) is 0.949. The number of anilines is 1. The lowest BCUT2D eigenvalue weighted by Gasteiger charge is -2.03. The summed E-state index contributed by atoms with van der Waals surface area (Å²) in [4.78, 5) is 1.92. The van der Waals surface area contributed by atoms with Crippen LogP contribution in [0.15, 0.2) is 6.20 Å². The van der Waals surface area contributed by atoms with Crippen LogP contribution < -0.4 is 4.90 Å². The summed E-state index contributed by atoms with van der Waals surface area (Å²) in [7, 11) is 3.88. The Hall–Kier alpha value is -0.640. The van der Waals surface area contributed by atoms with Gasteiger partial charge in [0.25, 0.3) is 0 Å². The van der Waals surface area contributed by atoms with Crippen LogP contribution in [0, 0.1) is 0 Å². The van der Waals surface area contributed by atoms with Crippen molar-refractivity contribution in [3.05, 3.63) is 6.20 Å². The standard InChI is InChI=1S/C4H7N3S/c1-7(2)4-3-5-8-6-4/h3H,1-2H3. The van der Waals surface area contributed by atoms with Crippen molar-refractivity contribution >= 4 is 17.5 Å². The molecule has 4 heteroatoms. The molecule has 0 unspecified atom stereocenters. The first-order valence-corrected chi connectivity index (χ1v) is 2.98. The lowest BCUT2D eigenvalue weighted by Crippen LogP contribution is -2.08. The zero-order valence-electron chi connectivity index (χ0n) is 4.83. The van der Waals surface area contributed by atoms with Gasteiger partial charge in [-0.3, -0.25) is 0 Å². The molecule has 1 aromatic heterocycles. The largest absolute Gasteiger partial charge is 0.361 e. The van der Waals surface area contributed by atoms with E-state index in [0.29, 0.717) is 0 Å². The van der Waals surface area contributed by atoms with Crippen molar-refractivity contribution in [3.63, 3.8) is 0 Å². The van der Waals surface area contributed by atoms with Crippen molar-refractivity contribution in [2.24, 2.45) is 0 Å². The monoisotopic (exact) mass is 129 g/mol. The van der Waals surface area contributed by atoms with E-state index < -0.39 is 0 Å². The van der Waals surface area contributed by atoms with Crippen molar-refractivity contribution in [1.82, 2.24) is 8.75 Å². The van der Waals surface area contributed by atoms with Gasteiger partial charge in [0.15, 0.2) is 5.82 Å². The zero-order valence-corrected chi connectivity index (χ0v) is 5.64. The van der Waals surface area contributed by atoms with Crippen molar-refractivity contribution in [3.8, 4) is 0 Å². The summed E-state index contributed by atoms with van der Waals surface area (Å²) in [6.45, 7) is 0. The van der Waals surface area contributed by atoms with Crippen molar-refractivity contribution in [1.29, 1.82) is 0 Å². The summed E-state index contributed by atoms with van der Waals surface area (Å²) in [5.41, 5.74) is 0. The normalized spacial score (nSPS) is 9.25. The van der Waals surface area contributed by atoms with E-state index in [1.807, 2.05) is 19.0 Å². The lowest BCUT2D eigenvalue weighted by molar-refractivity contribution is 1.10. The van der Waals surface area contributed by atoms with Gasteiger partial charge in [0.2, 0.25) is 0 Å². The van der Waals surface area contributed by atoms with Crippen LogP contribution in [0.25, 0.3) is 0 Å². The Bertz CT molecular complexity index is 146. The fourth-order valence-electron chi connectivity index (χ4n) is 0.357. The van der Waals surface area contributed by atoms with Crippen LogP contribution in [0.4, 0.5) is 5.82 Å². The second kappa shape index (κ2) is 2.09.